The maximum absolute atomic E-state index is 2.49. The molecule has 10 aromatic carbocycles. The molecule has 0 atom stereocenters. The van der Waals surface area contributed by atoms with Gasteiger partial charge in [-0.05, 0) is 94.5 Å². The van der Waals surface area contributed by atoms with Crippen LogP contribution in [0.1, 0.15) is 0 Å². The van der Waals surface area contributed by atoms with E-state index in [4.69, 9.17) is 0 Å². The highest BCUT2D eigenvalue weighted by Gasteiger charge is 2.22. The molecule has 0 unspecified atom stereocenters. The highest BCUT2D eigenvalue weighted by Crippen LogP contribution is 2.44. The lowest BCUT2D eigenvalue weighted by Gasteiger charge is -2.15. The van der Waals surface area contributed by atoms with Gasteiger partial charge in [-0.3, -0.25) is 0 Å². The Balaban J connectivity index is 1.01. The molecule has 0 fully saturated rings. The lowest BCUT2D eigenvalue weighted by molar-refractivity contribution is 1.17. The quantitative estimate of drug-likeness (QED) is 0.159. The van der Waals surface area contributed by atoms with Gasteiger partial charge >= 0.3 is 0 Å². The van der Waals surface area contributed by atoms with E-state index >= 15 is 0 Å². The van der Waals surface area contributed by atoms with Crippen molar-refractivity contribution in [2.45, 2.75) is 0 Å². The lowest BCUT2D eigenvalue weighted by atomic mass is 10.0. The highest BCUT2D eigenvalue weighted by atomic mass is 15.0. The fourth-order valence-corrected chi connectivity index (χ4v) is 10.2. The largest absolute Gasteiger partial charge is 0.309 e. The molecule has 0 radical (unpaired) electrons. The predicted octanol–water partition coefficient (Wildman–Crippen LogP) is 16.0. The Morgan fingerprint density at radius 3 is 1.33 bits per heavy atom. The van der Waals surface area contributed by atoms with E-state index in [-0.39, 0.29) is 0 Å². The lowest BCUT2D eigenvalue weighted by Crippen LogP contribution is -1.98. The van der Waals surface area contributed by atoms with Crippen molar-refractivity contribution in [2.75, 3.05) is 0 Å². The Morgan fingerprint density at radius 2 is 0.683 bits per heavy atom. The van der Waals surface area contributed by atoms with Crippen LogP contribution in [0.2, 0.25) is 0 Å². The van der Waals surface area contributed by atoms with Crippen LogP contribution in [0, 0.1) is 0 Å². The third-order valence-corrected chi connectivity index (χ3v) is 13.1. The zero-order valence-corrected chi connectivity index (χ0v) is 34.4. The summed E-state index contributed by atoms with van der Waals surface area (Å²) in [4.78, 5) is 0. The first-order valence-corrected chi connectivity index (χ1v) is 21.7. The van der Waals surface area contributed by atoms with E-state index in [2.05, 4.69) is 250 Å². The van der Waals surface area contributed by atoms with Crippen LogP contribution in [0.4, 0.5) is 0 Å². The summed E-state index contributed by atoms with van der Waals surface area (Å²) in [5.74, 6) is 0. The zero-order chi connectivity index (χ0) is 41.4. The number of nitrogens with zero attached hydrogens (tertiary/aromatic N) is 3. The van der Waals surface area contributed by atoms with E-state index < -0.39 is 0 Å². The Bertz CT molecular complexity index is 3870. The maximum atomic E-state index is 2.49. The second-order valence-electron chi connectivity index (χ2n) is 16.5. The molecule has 0 aliphatic rings. The van der Waals surface area contributed by atoms with Crippen LogP contribution < -0.4 is 0 Å². The normalized spacial score (nSPS) is 11.8. The van der Waals surface area contributed by atoms with Crippen LogP contribution in [-0.4, -0.2) is 13.7 Å². The second-order valence-corrected chi connectivity index (χ2v) is 16.5. The van der Waals surface area contributed by atoms with Gasteiger partial charge in [-0.15, -0.1) is 0 Å². The minimum Gasteiger partial charge on any atom is -0.309 e. The van der Waals surface area contributed by atoms with E-state index in [1.807, 2.05) is 0 Å². The minimum absolute atomic E-state index is 1.14. The molecule has 0 saturated heterocycles. The van der Waals surface area contributed by atoms with Gasteiger partial charge in [0.2, 0.25) is 0 Å². The topological polar surface area (TPSA) is 14.8 Å². The molecule has 13 aromatic rings. The van der Waals surface area contributed by atoms with Gasteiger partial charge in [0.05, 0.1) is 38.8 Å². The minimum atomic E-state index is 1.14. The Hall–Kier alpha value is -8.40. The number of benzene rings is 10. The molecule has 0 N–H and O–H groups in total. The standard InChI is InChI=1S/C60H39N3/c1-3-15-40(16-4-1)42-27-32-45(33-28-42)61-54-24-12-9-21-49(54)52-39-44(31-37-57(52)61)47-19-7-11-23-53(47)63-56-26-14-10-22-51(56)59-58(63)38-36-50-48-20-8-13-25-55(48)62(60(50)59)46-34-29-43(30-35-46)41-17-5-2-6-18-41/h1-39H. The molecule has 3 nitrogen and oxygen atoms in total. The van der Waals surface area contributed by atoms with Gasteiger partial charge in [0.15, 0.2) is 0 Å². The first-order valence-electron chi connectivity index (χ1n) is 21.7. The third kappa shape index (κ3) is 5.46. The van der Waals surface area contributed by atoms with Crippen molar-refractivity contribution in [3.63, 3.8) is 0 Å². The van der Waals surface area contributed by atoms with Crippen molar-refractivity contribution in [3.8, 4) is 50.4 Å². The summed E-state index contributed by atoms with van der Waals surface area (Å²) in [6.45, 7) is 0. The molecule has 63 heavy (non-hydrogen) atoms. The Kier molecular flexibility index (Phi) is 7.91. The summed E-state index contributed by atoms with van der Waals surface area (Å²) >= 11 is 0. The van der Waals surface area contributed by atoms with Gasteiger partial charge in [0.1, 0.15) is 0 Å². The van der Waals surface area contributed by atoms with Crippen molar-refractivity contribution in [3.05, 3.63) is 237 Å². The number of fused-ring (bicyclic) bond motifs is 10. The van der Waals surface area contributed by atoms with Crippen LogP contribution in [0.15, 0.2) is 237 Å². The smallest absolute Gasteiger partial charge is 0.0641 e. The molecule has 0 saturated carbocycles. The van der Waals surface area contributed by atoms with Crippen molar-refractivity contribution in [2.24, 2.45) is 0 Å². The first kappa shape index (κ1) is 35.4. The fourth-order valence-electron chi connectivity index (χ4n) is 10.2. The zero-order valence-electron chi connectivity index (χ0n) is 34.4. The molecule has 3 heteroatoms. The van der Waals surface area contributed by atoms with Gasteiger partial charge < -0.3 is 13.7 Å². The van der Waals surface area contributed by atoms with Crippen molar-refractivity contribution in [1.82, 2.24) is 13.7 Å². The number of hydrogen-bond donors (Lipinski definition) is 0. The number of para-hydroxylation sites is 4. The average Bonchev–Trinajstić information content (AvgIpc) is 4.00. The van der Waals surface area contributed by atoms with Gasteiger partial charge in [-0.2, -0.15) is 0 Å². The van der Waals surface area contributed by atoms with E-state index in [1.165, 1.54) is 98.8 Å². The molecule has 0 aliphatic carbocycles. The van der Waals surface area contributed by atoms with Crippen molar-refractivity contribution >= 4 is 65.4 Å². The van der Waals surface area contributed by atoms with Crippen LogP contribution in [0.25, 0.3) is 116 Å². The molecule has 3 heterocycles. The SMILES string of the molecule is c1ccc(-c2ccc(-n3c4ccccc4c4cc(-c5ccccc5-n5c6ccccc6c6c5ccc5c7ccccc7n(-c7ccc(-c8ccccc8)cc7)c56)ccc43)cc2)cc1. The van der Waals surface area contributed by atoms with Gasteiger partial charge in [-0.1, -0.05) is 170 Å². The summed E-state index contributed by atoms with van der Waals surface area (Å²) in [7, 11) is 0. The maximum Gasteiger partial charge on any atom is 0.0641 e. The molecule has 3 aromatic heterocycles. The molecule has 13 rings (SSSR count). The Labute approximate surface area is 364 Å². The van der Waals surface area contributed by atoms with Crippen molar-refractivity contribution < 1.29 is 0 Å². The molecule has 0 aliphatic heterocycles. The van der Waals surface area contributed by atoms with Crippen LogP contribution in [0.5, 0.6) is 0 Å². The number of rotatable bonds is 6. The second kappa shape index (κ2) is 14.1. The van der Waals surface area contributed by atoms with E-state index in [0.717, 1.165) is 17.1 Å². The first-order chi connectivity index (χ1) is 31.3. The van der Waals surface area contributed by atoms with E-state index in [9.17, 15) is 0 Å². The van der Waals surface area contributed by atoms with E-state index in [0.29, 0.717) is 0 Å². The number of hydrogen-bond acceptors (Lipinski definition) is 0. The third-order valence-electron chi connectivity index (χ3n) is 13.1. The van der Waals surface area contributed by atoms with Crippen LogP contribution in [-0.2, 0) is 0 Å². The Morgan fingerprint density at radius 1 is 0.238 bits per heavy atom. The van der Waals surface area contributed by atoms with Gasteiger partial charge in [0, 0.05) is 49.3 Å². The van der Waals surface area contributed by atoms with Gasteiger partial charge in [0.25, 0.3) is 0 Å². The van der Waals surface area contributed by atoms with Crippen LogP contribution in [0.3, 0.4) is 0 Å². The summed E-state index contributed by atoms with van der Waals surface area (Å²) < 4.78 is 7.37. The van der Waals surface area contributed by atoms with E-state index in [1.54, 1.807) is 0 Å². The summed E-state index contributed by atoms with van der Waals surface area (Å²) in [5, 5.41) is 7.45. The molecule has 0 amide bonds. The molecular formula is C60H39N3. The monoisotopic (exact) mass is 801 g/mol. The summed E-state index contributed by atoms with van der Waals surface area (Å²) in [6, 6.07) is 86.4. The average molecular weight is 802 g/mol. The summed E-state index contributed by atoms with van der Waals surface area (Å²) in [6.07, 6.45) is 0. The molecule has 294 valence electrons. The molecule has 0 spiro atoms. The van der Waals surface area contributed by atoms with Gasteiger partial charge in [-0.25, -0.2) is 0 Å². The predicted molar refractivity (Wildman–Crippen MR) is 266 cm³/mol. The van der Waals surface area contributed by atoms with Crippen LogP contribution >= 0.6 is 0 Å². The highest BCUT2D eigenvalue weighted by molar-refractivity contribution is 6.26. The molecular weight excluding hydrogens is 763 g/mol. The molecule has 0 bridgehead atoms. The van der Waals surface area contributed by atoms with Crippen molar-refractivity contribution in [1.29, 1.82) is 0 Å². The fraction of sp³-hybridized carbons (Fsp3) is 0. The summed E-state index contributed by atoms with van der Waals surface area (Å²) in [5.41, 5.74) is 17.8. The number of aromatic nitrogens is 3.